The maximum absolute atomic E-state index is 12.6. The molecule has 0 radical (unpaired) electrons. The fourth-order valence-corrected chi connectivity index (χ4v) is 3.71. The molecule has 5 nitrogen and oxygen atoms in total. The molecule has 1 aliphatic rings. The van der Waals surface area contributed by atoms with Crippen molar-refractivity contribution in [2.45, 2.75) is 31.5 Å². The summed E-state index contributed by atoms with van der Waals surface area (Å²) in [5, 5.41) is 4.65. The monoisotopic (exact) mass is 376 g/mol. The van der Waals surface area contributed by atoms with Crippen LogP contribution < -0.4 is 0 Å². The highest BCUT2D eigenvalue weighted by Gasteiger charge is 2.34. The Hall–Kier alpha value is -2.77. The van der Waals surface area contributed by atoms with E-state index in [1.807, 2.05) is 24.4 Å². The molecule has 27 heavy (non-hydrogen) atoms. The number of H-pyrrole nitrogens is 1. The molecule has 3 aromatic rings. The maximum atomic E-state index is 12.6. The van der Waals surface area contributed by atoms with Crippen LogP contribution in [0.15, 0.2) is 42.7 Å². The van der Waals surface area contributed by atoms with Crippen LogP contribution in [0, 0.1) is 0 Å². The van der Waals surface area contributed by atoms with Gasteiger partial charge in [-0.15, -0.1) is 0 Å². The molecule has 0 spiro atoms. The number of halogens is 3. The quantitative estimate of drug-likeness (QED) is 0.756. The Morgan fingerprint density at radius 3 is 2.63 bits per heavy atom. The molecule has 0 aliphatic carbocycles. The molecule has 1 fully saturated rings. The zero-order valence-corrected chi connectivity index (χ0v) is 14.5. The first-order chi connectivity index (χ1) is 12.9. The van der Waals surface area contributed by atoms with Gasteiger partial charge in [0.15, 0.2) is 5.69 Å². The molecule has 1 aromatic carbocycles. The number of hydrogen-bond donors (Lipinski definition) is 1. The van der Waals surface area contributed by atoms with Crippen LogP contribution in [0.2, 0.25) is 0 Å². The van der Waals surface area contributed by atoms with E-state index < -0.39 is 11.9 Å². The van der Waals surface area contributed by atoms with Gasteiger partial charge in [-0.1, -0.05) is 18.2 Å². The van der Waals surface area contributed by atoms with Crippen molar-refractivity contribution < 1.29 is 18.0 Å². The Kier molecular flexibility index (Phi) is 4.41. The average Bonchev–Trinajstić information content (AvgIpc) is 3.28. The first-order valence-electron chi connectivity index (χ1n) is 8.86. The molecule has 1 N–H and O–H groups in total. The molecule has 0 bridgehead atoms. The Balaban J connectivity index is 1.37. The molecule has 1 saturated heterocycles. The highest BCUT2D eigenvalue weighted by Crippen LogP contribution is 2.33. The summed E-state index contributed by atoms with van der Waals surface area (Å²) in [5.74, 6) is 0.163. The van der Waals surface area contributed by atoms with E-state index in [9.17, 15) is 18.0 Å². The van der Waals surface area contributed by atoms with E-state index in [0.717, 1.165) is 29.1 Å². The summed E-state index contributed by atoms with van der Waals surface area (Å²) in [6, 6.07) is 9.02. The molecule has 4 rings (SSSR count). The lowest BCUT2D eigenvalue weighted by Crippen LogP contribution is -2.39. The van der Waals surface area contributed by atoms with Crippen molar-refractivity contribution in [3.63, 3.8) is 0 Å². The first kappa shape index (κ1) is 17.6. The van der Waals surface area contributed by atoms with Gasteiger partial charge >= 0.3 is 6.18 Å². The van der Waals surface area contributed by atoms with Gasteiger partial charge in [-0.3, -0.25) is 9.48 Å². The summed E-state index contributed by atoms with van der Waals surface area (Å²) in [4.78, 5) is 17.4. The molecule has 8 heteroatoms. The lowest BCUT2D eigenvalue weighted by molar-refractivity contribution is -0.142. The van der Waals surface area contributed by atoms with Gasteiger partial charge in [0, 0.05) is 36.4 Å². The minimum Gasteiger partial charge on any atom is -0.361 e. The van der Waals surface area contributed by atoms with Gasteiger partial charge in [0.1, 0.15) is 6.54 Å². The summed E-state index contributed by atoms with van der Waals surface area (Å²) in [7, 11) is 0. The molecule has 0 atom stereocenters. The number of hydrogen-bond acceptors (Lipinski definition) is 2. The second-order valence-electron chi connectivity index (χ2n) is 6.84. The predicted molar refractivity (Wildman–Crippen MR) is 94.1 cm³/mol. The van der Waals surface area contributed by atoms with Crippen molar-refractivity contribution in [2.24, 2.45) is 0 Å². The molecule has 1 amide bonds. The number of alkyl halides is 3. The number of carbonyl (C=O) groups is 1. The predicted octanol–water partition coefficient (Wildman–Crippen LogP) is 3.79. The topological polar surface area (TPSA) is 53.9 Å². The number of carbonyl (C=O) groups excluding carboxylic acids is 1. The van der Waals surface area contributed by atoms with Crippen LogP contribution in [0.1, 0.15) is 30.0 Å². The van der Waals surface area contributed by atoms with Crippen molar-refractivity contribution in [3.8, 4) is 0 Å². The van der Waals surface area contributed by atoms with Crippen LogP contribution in [0.5, 0.6) is 0 Å². The van der Waals surface area contributed by atoms with E-state index in [2.05, 4.69) is 16.1 Å². The molecule has 1 aliphatic heterocycles. The van der Waals surface area contributed by atoms with E-state index in [4.69, 9.17) is 0 Å². The summed E-state index contributed by atoms with van der Waals surface area (Å²) < 4.78 is 38.9. The van der Waals surface area contributed by atoms with Crippen molar-refractivity contribution in [2.75, 3.05) is 13.1 Å². The molecular formula is C19H19F3N4O. The zero-order chi connectivity index (χ0) is 19.0. The van der Waals surface area contributed by atoms with Crippen LogP contribution in [0.25, 0.3) is 10.9 Å². The number of amides is 1. The second-order valence-corrected chi connectivity index (χ2v) is 6.84. The number of rotatable bonds is 3. The fourth-order valence-electron chi connectivity index (χ4n) is 3.71. The van der Waals surface area contributed by atoms with E-state index in [-0.39, 0.29) is 12.5 Å². The number of para-hydroxylation sites is 1. The summed E-state index contributed by atoms with van der Waals surface area (Å²) >= 11 is 0. The highest BCUT2D eigenvalue weighted by molar-refractivity contribution is 5.83. The standard InChI is InChI=1S/C19H19F3N4O/c20-19(21,22)17-7-10-26(24-17)12-18(27)25-8-5-13(6-9-25)15-11-23-16-4-2-1-3-14(15)16/h1-4,7,10-11,13,23H,5-6,8-9,12H2. The van der Waals surface area contributed by atoms with E-state index in [1.165, 1.54) is 17.1 Å². The number of fused-ring (bicyclic) bond motifs is 1. The number of aromatic amines is 1. The maximum Gasteiger partial charge on any atom is 0.435 e. The van der Waals surface area contributed by atoms with Crippen LogP contribution in [0.4, 0.5) is 13.2 Å². The molecule has 2 aromatic heterocycles. The SMILES string of the molecule is O=C(Cn1ccc(C(F)(F)F)n1)N1CCC(c2c[nH]c3ccccc23)CC1. The molecule has 142 valence electrons. The van der Waals surface area contributed by atoms with Gasteiger partial charge in [0.25, 0.3) is 0 Å². The second kappa shape index (κ2) is 6.75. The zero-order valence-electron chi connectivity index (χ0n) is 14.5. The normalized spacial score (nSPS) is 16.2. The molecule has 3 heterocycles. The van der Waals surface area contributed by atoms with Gasteiger partial charge in [-0.2, -0.15) is 18.3 Å². The number of aromatic nitrogens is 3. The Bertz CT molecular complexity index is 951. The van der Waals surface area contributed by atoms with Crippen molar-refractivity contribution in [1.82, 2.24) is 19.7 Å². The van der Waals surface area contributed by atoms with Gasteiger partial charge in [-0.25, -0.2) is 0 Å². The molecule has 0 saturated carbocycles. The van der Waals surface area contributed by atoms with Crippen molar-refractivity contribution in [3.05, 3.63) is 54.0 Å². The summed E-state index contributed by atoms with van der Waals surface area (Å²) in [5.41, 5.74) is 1.39. The Labute approximate surface area is 153 Å². The third-order valence-electron chi connectivity index (χ3n) is 5.14. The first-order valence-corrected chi connectivity index (χ1v) is 8.86. The smallest absolute Gasteiger partial charge is 0.361 e. The van der Waals surface area contributed by atoms with E-state index >= 15 is 0 Å². The molecule has 0 unspecified atom stereocenters. The number of nitrogens with zero attached hydrogens (tertiary/aromatic N) is 3. The van der Waals surface area contributed by atoms with Crippen molar-refractivity contribution >= 4 is 16.8 Å². The molecular weight excluding hydrogens is 357 g/mol. The number of piperidine rings is 1. The third-order valence-corrected chi connectivity index (χ3v) is 5.14. The third kappa shape index (κ3) is 3.56. The van der Waals surface area contributed by atoms with Gasteiger partial charge in [0.2, 0.25) is 5.91 Å². The minimum atomic E-state index is -4.49. The largest absolute Gasteiger partial charge is 0.435 e. The van der Waals surface area contributed by atoms with Crippen LogP contribution in [-0.2, 0) is 17.5 Å². The van der Waals surface area contributed by atoms with E-state index in [1.54, 1.807) is 4.90 Å². The van der Waals surface area contributed by atoms with Crippen LogP contribution in [-0.4, -0.2) is 38.7 Å². The Morgan fingerprint density at radius 1 is 1.19 bits per heavy atom. The minimum absolute atomic E-state index is 0.173. The number of likely N-dealkylation sites (tertiary alicyclic amines) is 1. The lowest BCUT2D eigenvalue weighted by Gasteiger charge is -2.32. The fraction of sp³-hybridized carbons (Fsp3) is 0.368. The number of nitrogens with one attached hydrogen (secondary N) is 1. The number of benzene rings is 1. The van der Waals surface area contributed by atoms with Crippen LogP contribution in [0.3, 0.4) is 0 Å². The van der Waals surface area contributed by atoms with Crippen molar-refractivity contribution in [1.29, 1.82) is 0 Å². The van der Waals surface area contributed by atoms with Gasteiger partial charge < -0.3 is 9.88 Å². The van der Waals surface area contributed by atoms with Crippen LogP contribution >= 0.6 is 0 Å². The summed E-state index contributed by atoms with van der Waals surface area (Å²) in [6.45, 7) is 1.01. The van der Waals surface area contributed by atoms with Gasteiger partial charge in [0.05, 0.1) is 0 Å². The lowest BCUT2D eigenvalue weighted by atomic mass is 9.89. The van der Waals surface area contributed by atoms with Gasteiger partial charge in [-0.05, 0) is 36.5 Å². The Morgan fingerprint density at radius 2 is 1.93 bits per heavy atom. The van der Waals surface area contributed by atoms with E-state index in [0.29, 0.717) is 19.0 Å². The summed E-state index contributed by atoms with van der Waals surface area (Å²) in [6.07, 6.45) is 0.404. The average molecular weight is 376 g/mol. The highest BCUT2D eigenvalue weighted by atomic mass is 19.4.